The number of amides is 2. The van der Waals surface area contributed by atoms with Gasteiger partial charge in [0.2, 0.25) is 11.8 Å². The highest BCUT2D eigenvalue weighted by Gasteiger charge is 2.76. The Hall–Kier alpha value is -4.38. The molecule has 1 saturated carbocycles. The van der Waals surface area contributed by atoms with E-state index in [1.165, 1.54) is 12.0 Å². The summed E-state index contributed by atoms with van der Waals surface area (Å²) in [7, 11) is 0. The molecule has 6 rings (SSSR count). The molecule has 2 aromatic rings. The van der Waals surface area contributed by atoms with Crippen LogP contribution in [0.15, 0.2) is 54.6 Å². The number of aliphatic hydroxyl groups excluding tert-OH is 2. The quantitative estimate of drug-likeness (QED) is 0.0728. The van der Waals surface area contributed by atoms with E-state index in [9.17, 15) is 29.7 Å². The average molecular weight is 892 g/mol. The molecule has 5 N–H and O–H groups in total. The minimum atomic E-state index is -1.65. The second-order valence-electron chi connectivity index (χ2n) is 18.9. The molecule has 64 heavy (non-hydrogen) atoms. The number of rotatable bonds is 22. The molecule has 0 radical (unpaired) electrons. The molecule has 4 fully saturated rings. The van der Waals surface area contributed by atoms with Crippen LogP contribution in [-0.4, -0.2) is 111 Å². The van der Waals surface area contributed by atoms with Crippen molar-refractivity contribution in [1.29, 1.82) is 0 Å². The van der Waals surface area contributed by atoms with Crippen molar-refractivity contribution in [2.45, 2.75) is 185 Å². The Morgan fingerprint density at radius 3 is 2.25 bits per heavy atom. The lowest BCUT2D eigenvalue weighted by atomic mass is 9.62. The summed E-state index contributed by atoms with van der Waals surface area (Å²) in [4.78, 5) is 62.9. The van der Waals surface area contributed by atoms with Crippen molar-refractivity contribution in [3.05, 3.63) is 71.3 Å². The van der Waals surface area contributed by atoms with Gasteiger partial charge in [-0.3, -0.25) is 24.0 Å². The fourth-order valence-corrected chi connectivity index (χ4v) is 9.57. The van der Waals surface area contributed by atoms with Gasteiger partial charge in [-0.1, -0.05) is 94.1 Å². The van der Waals surface area contributed by atoms with Gasteiger partial charge in [-0.15, -0.1) is 0 Å². The van der Waals surface area contributed by atoms with E-state index in [0.29, 0.717) is 19.3 Å². The number of carbonyl (C=O) groups excluding carboxylic acids is 4. The molecule has 3 saturated heterocycles. The fraction of sp³-hybridized carbons (Fsp3) is 0.633. The molecular weight excluding hydrogens is 823 g/mol. The van der Waals surface area contributed by atoms with E-state index in [0.717, 1.165) is 55.2 Å². The lowest BCUT2D eigenvalue weighted by molar-refractivity contribution is -0.224. The maximum absolute atomic E-state index is 15.2. The molecule has 2 amide bonds. The summed E-state index contributed by atoms with van der Waals surface area (Å²) in [5.74, 6) is -3.46. The number of hydrogen-bond donors (Lipinski definition) is 5. The highest BCUT2D eigenvalue weighted by Crippen LogP contribution is 2.58. The maximum Gasteiger partial charge on any atom is 0.327 e. The molecule has 2 unspecified atom stereocenters. The van der Waals surface area contributed by atoms with Crippen molar-refractivity contribution in [3.8, 4) is 5.75 Å². The lowest BCUT2D eigenvalue weighted by Crippen LogP contribution is -2.71. The van der Waals surface area contributed by atoms with Crippen LogP contribution in [0.5, 0.6) is 5.75 Å². The number of allylic oxidation sites excluding steroid dienone is 1. The van der Waals surface area contributed by atoms with Gasteiger partial charge in [0.25, 0.3) is 0 Å². The maximum atomic E-state index is 15.2. The summed E-state index contributed by atoms with van der Waals surface area (Å²) < 4.78 is 25.5. The van der Waals surface area contributed by atoms with E-state index in [1.54, 1.807) is 32.9 Å². The molecule has 0 aromatic heterocycles. The number of unbranched alkanes of at least 4 members (excludes halogenated alkanes) is 4. The summed E-state index contributed by atoms with van der Waals surface area (Å²) in [5.41, 5.74) is 0.0210. The van der Waals surface area contributed by atoms with E-state index in [-0.39, 0.29) is 31.6 Å². The fourth-order valence-electron chi connectivity index (χ4n) is 9.57. The van der Waals surface area contributed by atoms with Crippen molar-refractivity contribution < 1.29 is 58.3 Å². The van der Waals surface area contributed by atoms with Crippen LogP contribution in [0, 0.1) is 5.41 Å². The molecule has 15 nitrogen and oxygen atoms in total. The van der Waals surface area contributed by atoms with Crippen LogP contribution in [0.3, 0.4) is 0 Å². The molecule has 9 atom stereocenters. The number of ether oxygens (including phenoxy) is 4. The van der Waals surface area contributed by atoms with Gasteiger partial charge < -0.3 is 44.9 Å². The van der Waals surface area contributed by atoms with Crippen molar-refractivity contribution in [2.75, 3.05) is 6.61 Å². The lowest BCUT2D eigenvalue weighted by Gasteiger charge is -2.49. The third-order valence-electron chi connectivity index (χ3n) is 12.7. The zero-order valence-electron chi connectivity index (χ0n) is 38.3. The van der Waals surface area contributed by atoms with E-state index < -0.39 is 95.8 Å². The number of phenolic OH excluding ortho intramolecular Hbond substituents is 1. The zero-order chi connectivity index (χ0) is 46.2. The first-order valence-corrected chi connectivity index (χ1v) is 23.2. The van der Waals surface area contributed by atoms with Crippen LogP contribution in [0.25, 0.3) is 6.08 Å². The van der Waals surface area contributed by atoms with Crippen molar-refractivity contribution in [1.82, 2.24) is 15.7 Å². The van der Waals surface area contributed by atoms with E-state index >= 15 is 4.79 Å². The summed E-state index contributed by atoms with van der Waals surface area (Å²) >= 11 is 0. The molecule has 2 aromatic carbocycles. The van der Waals surface area contributed by atoms with Gasteiger partial charge in [-0.2, -0.15) is 5.06 Å². The molecule has 0 spiro atoms. The van der Waals surface area contributed by atoms with Gasteiger partial charge >= 0.3 is 11.9 Å². The monoisotopic (exact) mass is 891 g/mol. The number of hydrogen-bond acceptors (Lipinski definition) is 13. The molecule has 1 aliphatic carbocycles. The topological polar surface area (TPSA) is 202 Å². The number of nitrogens with zero attached hydrogens (tertiary/aromatic N) is 1. The van der Waals surface area contributed by atoms with Crippen LogP contribution >= 0.6 is 0 Å². The molecular formula is C49H69N3O12. The van der Waals surface area contributed by atoms with Gasteiger partial charge in [0, 0.05) is 25.7 Å². The Kier molecular flexibility index (Phi) is 16.3. The number of aliphatic hydroxyl groups is 2. The summed E-state index contributed by atoms with van der Waals surface area (Å²) in [5, 5.41) is 38.5. The number of phenols is 1. The summed E-state index contributed by atoms with van der Waals surface area (Å²) in [6.45, 7) is 10.4. The Labute approximate surface area is 377 Å². The van der Waals surface area contributed by atoms with Crippen LogP contribution in [0.4, 0.5) is 0 Å². The predicted octanol–water partition coefficient (Wildman–Crippen LogP) is 5.55. The van der Waals surface area contributed by atoms with Crippen LogP contribution in [0.1, 0.15) is 129 Å². The first-order chi connectivity index (χ1) is 30.5. The van der Waals surface area contributed by atoms with Gasteiger partial charge in [-0.25, -0.2) is 0 Å². The number of fused-ring (bicyclic) bond motifs is 4. The average Bonchev–Trinajstić information content (AvgIpc) is 3.80. The van der Waals surface area contributed by atoms with Crippen molar-refractivity contribution in [2.24, 2.45) is 5.41 Å². The third kappa shape index (κ3) is 11.2. The number of nitrogens with one attached hydrogen (secondary N) is 2. The van der Waals surface area contributed by atoms with E-state index in [2.05, 4.69) is 24.5 Å². The number of carbonyl (C=O) groups is 4. The molecule has 15 heteroatoms. The highest BCUT2D eigenvalue weighted by molar-refractivity contribution is 5.96. The first kappa shape index (κ1) is 49.1. The predicted molar refractivity (Wildman–Crippen MR) is 237 cm³/mol. The number of aromatic hydroxyl groups is 1. The standard InChI is InChI=1S/C49H69N3O12/c1-7-9-15-26-48(27-16-10-8-2)62-40-37-28-49(46(59)51-39(31(3)54)44(57)50-35(30-53)24-25-38(56)61-47(4,5)6)42(45(58)60-37)52(64-43(49)41(40)63-48)29-34-20-12-11-18-32(34)21-17-22-33-19-13-14-23-36(33)55/h11-14,17-21,23,31,35,37,39-43,53-55H,7-10,15-16,22,24-30H2,1-6H3,(H,50,57)(H,51,59)/t31-,35-,37?,39+,40-,41-,42-,43+,49?/m0/s1. The molecule has 3 aliphatic heterocycles. The smallest absolute Gasteiger partial charge is 0.327 e. The Balaban J connectivity index is 1.31. The Bertz CT molecular complexity index is 1960. The Morgan fingerprint density at radius 1 is 0.953 bits per heavy atom. The number of benzene rings is 2. The molecule has 2 bridgehead atoms. The molecule has 4 aliphatic rings. The number of para-hydroxylation sites is 1. The summed E-state index contributed by atoms with van der Waals surface area (Å²) in [6.07, 6.45) is 6.31. The van der Waals surface area contributed by atoms with E-state index in [1.807, 2.05) is 48.6 Å². The summed E-state index contributed by atoms with van der Waals surface area (Å²) in [6, 6.07) is 11.1. The second-order valence-corrected chi connectivity index (χ2v) is 18.9. The van der Waals surface area contributed by atoms with Gasteiger partial charge in [0.15, 0.2) is 11.8 Å². The van der Waals surface area contributed by atoms with Crippen LogP contribution < -0.4 is 10.6 Å². The SMILES string of the molecule is CCCCCC1(CCCCC)O[C@@H]2[C@H]3ON(Cc4ccccc4C=CCc4ccccc4O)[C@H]4C(=O)OC(CC34C(=O)N[C@@H](C(=O)N[C@H](CO)CCC(=O)OC(C)(C)C)[C@H](C)O)[C@@H]2O1. The number of esters is 2. The second kappa shape index (κ2) is 21.3. The third-order valence-corrected chi connectivity index (χ3v) is 12.7. The van der Waals surface area contributed by atoms with Crippen LogP contribution in [-0.2, 0) is 55.9 Å². The number of hydroxylamine groups is 2. The van der Waals surface area contributed by atoms with Crippen LogP contribution in [0.2, 0.25) is 0 Å². The van der Waals surface area contributed by atoms with E-state index in [4.69, 9.17) is 23.8 Å². The Morgan fingerprint density at radius 2 is 1.61 bits per heavy atom. The highest BCUT2D eigenvalue weighted by atomic mass is 16.8. The van der Waals surface area contributed by atoms with Gasteiger partial charge in [-0.05, 0) is 76.1 Å². The van der Waals surface area contributed by atoms with Crippen molar-refractivity contribution in [3.63, 3.8) is 0 Å². The minimum Gasteiger partial charge on any atom is -0.508 e. The largest absolute Gasteiger partial charge is 0.508 e. The normalized spacial score (nSPS) is 26.2. The zero-order valence-corrected chi connectivity index (χ0v) is 38.3. The molecule has 3 heterocycles. The van der Waals surface area contributed by atoms with Gasteiger partial charge in [0.1, 0.15) is 47.2 Å². The van der Waals surface area contributed by atoms with Crippen molar-refractivity contribution >= 4 is 29.8 Å². The first-order valence-electron chi connectivity index (χ1n) is 23.2. The van der Waals surface area contributed by atoms with Gasteiger partial charge in [0.05, 0.1) is 25.3 Å². The molecule has 352 valence electrons. The minimum absolute atomic E-state index is 0.00630.